The van der Waals surface area contributed by atoms with Gasteiger partial charge in [-0.3, -0.25) is 14.3 Å². The number of nitrogens with one attached hydrogen (secondary N) is 1. The van der Waals surface area contributed by atoms with Crippen molar-refractivity contribution in [1.82, 2.24) is 15.1 Å². The molecule has 104 valence electrons. The molecule has 6 heteroatoms. The molecule has 1 aromatic heterocycles. The van der Waals surface area contributed by atoms with Crippen LogP contribution in [0.5, 0.6) is 0 Å². The molecular formula is C13H19N3O3. The Labute approximate surface area is 111 Å². The van der Waals surface area contributed by atoms with E-state index in [1.165, 1.54) is 25.5 Å². The summed E-state index contributed by atoms with van der Waals surface area (Å²) in [7, 11) is 0. The number of hydrogen-bond donors (Lipinski definition) is 2. The number of hydrogen-bond acceptors (Lipinski definition) is 3. The molecule has 0 saturated heterocycles. The average molecular weight is 265 g/mol. The zero-order valence-corrected chi connectivity index (χ0v) is 11.1. The van der Waals surface area contributed by atoms with Gasteiger partial charge in [0.2, 0.25) is 0 Å². The number of carboxylic acid groups (broad SMARTS) is 1. The first-order chi connectivity index (χ1) is 9.09. The van der Waals surface area contributed by atoms with Gasteiger partial charge in [0.15, 0.2) is 0 Å². The van der Waals surface area contributed by atoms with Crippen molar-refractivity contribution in [3.63, 3.8) is 0 Å². The van der Waals surface area contributed by atoms with Crippen LogP contribution in [0.25, 0.3) is 0 Å². The minimum atomic E-state index is -1.05. The van der Waals surface area contributed by atoms with Crippen LogP contribution in [0.3, 0.4) is 0 Å². The molecule has 0 aliphatic heterocycles. The molecule has 0 unspecified atom stereocenters. The van der Waals surface area contributed by atoms with Gasteiger partial charge in [-0.2, -0.15) is 5.10 Å². The zero-order chi connectivity index (χ0) is 13.8. The monoisotopic (exact) mass is 265 g/mol. The molecule has 2 rings (SSSR count). The SMILES string of the molecule is Cc1c(C(=O)NCC(=O)O)cnn1C1CCCCC1. The molecule has 1 aromatic rings. The van der Waals surface area contributed by atoms with E-state index in [0.717, 1.165) is 18.5 Å². The summed E-state index contributed by atoms with van der Waals surface area (Å²) < 4.78 is 1.91. The molecule has 1 saturated carbocycles. The van der Waals surface area contributed by atoms with Gasteiger partial charge in [-0.15, -0.1) is 0 Å². The molecule has 2 N–H and O–H groups in total. The Bertz CT molecular complexity index is 475. The van der Waals surface area contributed by atoms with Crippen LogP contribution in [0.4, 0.5) is 0 Å². The van der Waals surface area contributed by atoms with Gasteiger partial charge in [-0.1, -0.05) is 19.3 Å². The van der Waals surface area contributed by atoms with Crippen LogP contribution in [0.15, 0.2) is 6.20 Å². The van der Waals surface area contributed by atoms with E-state index in [0.29, 0.717) is 11.6 Å². The minimum absolute atomic E-state index is 0.368. The van der Waals surface area contributed by atoms with Crippen molar-refractivity contribution < 1.29 is 14.7 Å². The third kappa shape index (κ3) is 3.13. The van der Waals surface area contributed by atoms with E-state index >= 15 is 0 Å². The first-order valence-electron chi connectivity index (χ1n) is 6.63. The summed E-state index contributed by atoms with van der Waals surface area (Å²) in [6.07, 6.45) is 7.39. The van der Waals surface area contributed by atoms with Crippen molar-refractivity contribution in [3.8, 4) is 0 Å². The first-order valence-corrected chi connectivity index (χ1v) is 6.63. The van der Waals surface area contributed by atoms with Gasteiger partial charge in [0.25, 0.3) is 5.91 Å². The highest BCUT2D eigenvalue weighted by Gasteiger charge is 2.21. The fraction of sp³-hybridized carbons (Fsp3) is 0.615. The zero-order valence-electron chi connectivity index (χ0n) is 11.1. The second kappa shape index (κ2) is 5.86. The van der Waals surface area contributed by atoms with Crippen molar-refractivity contribution in [2.75, 3.05) is 6.54 Å². The summed E-state index contributed by atoms with van der Waals surface area (Å²) in [5, 5.41) is 15.2. The van der Waals surface area contributed by atoms with E-state index in [1.807, 2.05) is 11.6 Å². The van der Waals surface area contributed by atoms with Gasteiger partial charge in [0.1, 0.15) is 6.54 Å². The number of carboxylic acids is 1. The Morgan fingerprint density at radius 1 is 1.42 bits per heavy atom. The van der Waals surface area contributed by atoms with Crippen LogP contribution in [0.2, 0.25) is 0 Å². The predicted octanol–water partition coefficient (Wildman–Crippen LogP) is 1.51. The summed E-state index contributed by atoms with van der Waals surface area (Å²) in [4.78, 5) is 22.3. The highest BCUT2D eigenvalue weighted by Crippen LogP contribution is 2.29. The van der Waals surface area contributed by atoms with E-state index in [9.17, 15) is 9.59 Å². The van der Waals surface area contributed by atoms with Crippen LogP contribution in [-0.4, -0.2) is 33.3 Å². The maximum Gasteiger partial charge on any atom is 0.322 e. The highest BCUT2D eigenvalue weighted by atomic mass is 16.4. The van der Waals surface area contributed by atoms with Crippen LogP contribution >= 0.6 is 0 Å². The molecule has 0 atom stereocenters. The van der Waals surface area contributed by atoms with Gasteiger partial charge in [0.05, 0.1) is 17.8 Å². The van der Waals surface area contributed by atoms with Crippen LogP contribution in [-0.2, 0) is 4.79 Å². The van der Waals surface area contributed by atoms with Crippen molar-refractivity contribution in [3.05, 3.63) is 17.5 Å². The van der Waals surface area contributed by atoms with Gasteiger partial charge in [-0.25, -0.2) is 0 Å². The number of carbonyl (C=O) groups excluding carboxylic acids is 1. The van der Waals surface area contributed by atoms with Crippen LogP contribution in [0.1, 0.15) is 54.2 Å². The number of nitrogens with zero attached hydrogens (tertiary/aromatic N) is 2. The molecule has 1 aliphatic carbocycles. The normalized spacial score (nSPS) is 16.3. The lowest BCUT2D eigenvalue weighted by Gasteiger charge is -2.23. The molecule has 1 aliphatic rings. The molecule has 1 heterocycles. The Balaban J connectivity index is 2.08. The summed E-state index contributed by atoms with van der Waals surface area (Å²) in [6.45, 7) is 1.49. The third-order valence-corrected chi connectivity index (χ3v) is 3.61. The smallest absolute Gasteiger partial charge is 0.322 e. The van der Waals surface area contributed by atoms with Gasteiger partial charge < -0.3 is 10.4 Å². The molecule has 19 heavy (non-hydrogen) atoms. The van der Waals surface area contributed by atoms with Crippen molar-refractivity contribution >= 4 is 11.9 Å². The maximum absolute atomic E-state index is 11.8. The molecular weight excluding hydrogens is 246 g/mol. The summed E-state index contributed by atoms with van der Waals surface area (Å²) >= 11 is 0. The molecule has 0 aromatic carbocycles. The number of rotatable bonds is 4. The third-order valence-electron chi connectivity index (χ3n) is 3.61. The number of carbonyl (C=O) groups is 2. The van der Waals surface area contributed by atoms with E-state index < -0.39 is 5.97 Å². The Morgan fingerprint density at radius 2 is 2.11 bits per heavy atom. The number of aromatic nitrogens is 2. The second-order valence-electron chi connectivity index (χ2n) is 4.96. The fourth-order valence-electron chi connectivity index (χ4n) is 2.59. The molecule has 0 bridgehead atoms. The van der Waals surface area contributed by atoms with E-state index in [4.69, 9.17) is 5.11 Å². The Morgan fingerprint density at radius 3 is 2.74 bits per heavy atom. The van der Waals surface area contributed by atoms with Crippen LogP contribution < -0.4 is 5.32 Å². The Hall–Kier alpha value is -1.85. The standard InChI is InChI=1S/C13H19N3O3/c1-9-11(13(19)14-8-12(17)18)7-15-16(9)10-5-3-2-4-6-10/h7,10H,2-6,8H2,1H3,(H,14,19)(H,17,18). The largest absolute Gasteiger partial charge is 0.480 e. The van der Waals surface area contributed by atoms with E-state index in [2.05, 4.69) is 10.4 Å². The molecule has 1 amide bonds. The Kier molecular flexibility index (Phi) is 4.19. The fourth-order valence-corrected chi connectivity index (χ4v) is 2.59. The minimum Gasteiger partial charge on any atom is -0.480 e. The summed E-state index contributed by atoms with van der Waals surface area (Å²) in [5.41, 5.74) is 1.28. The van der Waals surface area contributed by atoms with Gasteiger partial charge >= 0.3 is 5.97 Å². The second-order valence-corrected chi connectivity index (χ2v) is 4.96. The molecule has 0 radical (unpaired) electrons. The summed E-state index contributed by atoms with van der Waals surface area (Å²) in [6, 6.07) is 0.370. The van der Waals surface area contributed by atoms with Crippen LogP contribution in [0, 0.1) is 6.92 Å². The molecule has 0 spiro atoms. The highest BCUT2D eigenvalue weighted by molar-refractivity contribution is 5.96. The lowest BCUT2D eigenvalue weighted by Crippen LogP contribution is -2.29. The van der Waals surface area contributed by atoms with Crippen molar-refractivity contribution in [1.29, 1.82) is 0 Å². The molecule has 6 nitrogen and oxygen atoms in total. The van der Waals surface area contributed by atoms with Gasteiger partial charge in [0, 0.05) is 5.69 Å². The van der Waals surface area contributed by atoms with Crippen molar-refractivity contribution in [2.24, 2.45) is 0 Å². The number of aliphatic carboxylic acids is 1. The molecule has 1 fully saturated rings. The van der Waals surface area contributed by atoms with Gasteiger partial charge in [-0.05, 0) is 19.8 Å². The topological polar surface area (TPSA) is 84.2 Å². The average Bonchev–Trinajstić information content (AvgIpc) is 2.79. The first kappa shape index (κ1) is 13.6. The maximum atomic E-state index is 11.8. The predicted molar refractivity (Wildman–Crippen MR) is 69.1 cm³/mol. The van der Waals surface area contributed by atoms with Crippen molar-refractivity contribution in [2.45, 2.75) is 45.1 Å². The lowest BCUT2D eigenvalue weighted by molar-refractivity contribution is -0.135. The quantitative estimate of drug-likeness (QED) is 0.864. The van der Waals surface area contributed by atoms with E-state index in [1.54, 1.807) is 0 Å². The van der Waals surface area contributed by atoms with E-state index in [-0.39, 0.29) is 12.5 Å². The lowest BCUT2D eigenvalue weighted by atomic mass is 9.95. The number of amides is 1. The summed E-state index contributed by atoms with van der Waals surface area (Å²) in [5.74, 6) is -1.42.